The van der Waals surface area contributed by atoms with E-state index in [4.69, 9.17) is 4.74 Å². The van der Waals surface area contributed by atoms with E-state index in [2.05, 4.69) is 13.5 Å². The number of hydrogen-bond donors (Lipinski definition) is 0. The number of carbonyl (C=O) groups excluding carboxylic acids is 1. The van der Waals surface area contributed by atoms with Crippen LogP contribution in [0.1, 0.15) is 60.3 Å². The van der Waals surface area contributed by atoms with Gasteiger partial charge in [-0.25, -0.2) is 0 Å². The molecule has 0 bridgehead atoms. The molecule has 98 valence electrons. The zero-order chi connectivity index (χ0) is 13.3. The van der Waals surface area contributed by atoms with Gasteiger partial charge in [-0.15, -0.1) is 0 Å². The highest BCUT2D eigenvalue weighted by Crippen LogP contribution is 2.45. The number of ether oxygens (including phenoxy) is 1. The minimum absolute atomic E-state index is 0.0793. The molecular formula is C15H26O2. The van der Waals surface area contributed by atoms with Crippen LogP contribution in [0.25, 0.3) is 0 Å². The van der Waals surface area contributed by atoms with E-state index in [1.165, 1.54) is 0 Å². The molecular weight excluding hydrogens is 212 g/mol. The highest BCUT2D eigenvalue weighted by Gasteiger charge is 2.44. The Labute approximate surface area is 105 Å². The Morgan fingerprint density at radius 2 is 1.76 bits per heavy atom. The van der Waals surface area contributed by atoms with Crippen LogP contribution in [0.4, 0.5) is 0 Å². The summed E-state index contributed by atoms with van der Waals surface area (Å²) in [5, 5.41) is 0. The standard InChI is InChI=1S/C15H26O2/c1-11(2)15(9-7-12(3)8-10-15)13(16)17-14(4,5)6/h12H,1,7-10H2,2-6H3. The molecule has 1 aliphatic rings. The van der Waals surface area contributed by atoms with E-state index < -0.39 is 11.0 Å². The molecule has 1 rings (SSSR count). The van der Waals surface area contributed by atoms with Gasteiger partial charge in [-0.2, -0.15) is 0 Å². The molecule has 0 aromatic heterocycles. The molecule has 0 spiro atoms. The quantitative estimate of drug-likeness (QED) is 0.535. The fourth-order valence-corrected chi connectivity index (χ4v) is 2.44. The summed E-state index contributed by atoms with van der Waals surface area (Å²) >= 11 is 0. The second-order valence-corrected chi connectivity index (χ2v) is 6.55. The van der Waals surface area contributed by atoms with E-state index in [1.807, 2.05) is 27.7 Å². The minimum Gasteiger partial charge on any atom is -0.459 e. The van der Waals surface area contributed by atoms with Crippen LogP contribution < -0.4 is 0 Å². The van der Waals surface area contributed by atoms with Gasteiger partial charge >= 0.3 is 5.97 Å². The van der Waals surface area contributed by atoms with E-state index in [9.17, 15) is 4.79 Å². The van der Waals surface area contributed by atoms with Crippen LogP contribution in [-0.2, 0) is 9.53 Å². The van der Waals surface area contributed by atoms with Gasteiger partial charge in [0, 0.05) is 0 Å². The van der Waals surface area contributed by atoms with E-state index in [-0.39, 0.29) is 5.97 Å². The van der Waals surface area contributed by atoms with Gasteiger partial charge in [-0.1, -0.05) is 19.1 Å². The lowest BCUT2D eigenvalue weighted by Crippen LogP contribution is -2.41. The summed E-state index contributed by atoms with van der Waals surface area (Å²) in [6.45, 7) is 14.0. The summed E-state index contributed by atoms with van der Waals surface area (Å²) in [6.07, 6.45) is 3.95. The molecule has 0 aliphatic heterocycles. The van der Waals surface area contributed by atoms with Crippen molar-refractivity contribution in [1.29, 1.82) is 0 Å². The third kappa shape index (κ3) is 3.34. The second-order valence-electron chi connectivity index (χ2n) is 6.55. The number of carbonyl (C=O) groups is 1. The molecule has 2 heteroatoms. The first-order valence-corrected chi connectivity index (χ1v) is 6.57. The van der Waals surface area contributed by atoms with Crippen molar-refractivity contribution in [1.82, 2.24) is 0 Å². The van der Waals surface area contributed by atoms with E-state index in [1.54, 1.807) is 0 Å². The molecule has 0 aromatic carbocycles. The van der Waals surface area contributed by atoms with Gasteiger partial charge in [0.25, 0.3) is 0 Å². The zero-order valence-corrected chi connectivity index (χ0v) is 11.9. The van der Waals surface area contributed by atoms with Crippen LogP contribution in [0.3, 0.4) is 0 Å². The van der Waals surface area contributed by atoms with Crippen molar-refractivity contribution in [2.75, 3.05) is 0 Å². The van der Waals surface area contributed by atoms with Crippen LogP contribution >= 0.6 is 0 Å². The van der Waals surface area contributed by atoms with Crippen molar-refractivity contribution in [3.05, 3.63) is 12.2 Å². The van der Waals surface area contributed by atoms with Gasteiger partial charge < -0.3 is 4.74 Å². The molecule has 2 nitrogen and oxygen atoms in total. The van der Waals surface area contributed by atoms with Crippen LogP contribution in [0, 0.1) is 11.3 Å². The monoisotopic (exact) mass is 238 g/mol. The SMILES string of the molecule is C=C(C)C1(C(=O)OC(C)(C)C)CCC(C)CC1. The summed E-state index contributed by atoms with van der Waals surface area (Å²) in [5.74, 6) is 0.634. The molecule has 17 heavy (non-hydrogen) atoms. The molecule has 0 saturated heterocycles. The molecule has 0 radical (unpaired) electrons. The molecule has 0 heterocycles. The zero-order valence-electron chi connectivity index (χ0n) is 11.9. The maximum atomic E-state index is 12.4. The van der Waals surface area contributed by atoms with Gasteiger partial charge in [-0.3, -0.25) is 4.79 Å². The molecule has 1 aliphatic carbocycles. The third-order valence-corrected chi connectivity index (χ3v) is 3.73. The highest BCUT2D eigenvalue weighted by molar-refractivity contribution is 5.80. The Bertz CT molecular complexity index is 301. The smallest absolute Gasteiger partial charge is 0.316 e. The average molecular weight is 238 g/mol. The van der Waals surface area contributed by atoms with Crippen molar-refractivity contribution in [2.45, 2.75) is 65.9 Å². The van der Waals surface area contributed by atoms with Gasteiger partial charge in [0.1, 0.15) is 5.60 Å². The van der Waals surface area contributed by atoms with Gasteiger partial charge in [0.2, 0.25) is 0 Å². The first kappa shape index (κ1) is 14.3. The molecule has 0 amide bonds. The maximum absolute atomic E-state index is 12.4. The summed E-state index contributed by atoms with van der Waals surface area (Å²) < 4.78 is 5.58. The summed E-state index contributed by atoms with van der Waals surface area (Å²) in [7, 11) is 0. The number of rotatable bonds is 2. The van der Waals surface area contributed by atoms with Crippen LogP contribution in [0.15, 0.2) is 12.2 Å². The Morgan fingerprint density at radius 3 is 2.12 bits per heavy atom. The Balaban J connectivity index is 2.86. The lowest BCUT2D eigenvalue weighted by Gasteiger charge is -2.39. The topological polar surface area (TPSA) is 26.3 Å². The Morgan fingerprint density at radius 1 is 1.29 bits per heavy atom. The van der Waals surface area contributed by atoms with Crippen molar-refractivity contribution in [3.8, 4) is 0 Å². The van der Waals surface area contributed by atoms with E-state index in [0.29, 0.717) is 5.92 Å². The fraction of sp³-hybridized carbons (Fsp3) is 0.800. The van der Waals surface area contributed by atoms with Crippen LogP contribution in [0.5, 0.6) is 0 Å². The minimum atomic E-state index is -0.431. The predicted molar refractivity (Wildman–Crippen MR) is 70.7 cm³/mol. The average Bonchev–Trinajstić information content (AvgIpc) is 2.15. The molecule has 0 unspecified atom stereocenters. The molecule has 1 fully saturated rings. The van der Waals surface area contributed by atoms with Gasteiger partial charge in [0.05, 0.1) is 5.41 Å². The Hall–Kier alpha value is -0.790. The highest BCUT2D eigenvalue weighted by atomic mass is 16.6. The normalized spacial score (nSPS) is 29.8. The van der Waals surface area contributed by atoms with Crippen molar-refractivity contribution >= 4 is 5.97 Å². The van der Waals surface area contributed by atoms with Crippen LogP contribution in [0.2, 0.25) is 0 Å². The summed E-state index contributed by atoms with van der Waals surface area (Å²) in [5.41, 5.74) is 0.112. The number of esters is 1. The van der Waals surface area contributed by atoms with Crippen LogP contribution in [-0.4, -0.2) is 11.6 Å². The molecule has 0 aromatic rings. The molecule has 0 atom stereocenters. The van der Waals surface area contributed by atoms with Crippen molar-refractivity contribution < 1.29 is 9.53 Å². The van der Waals surface area contributed by atoms with Gasteiger partial charge in [0.15, 0.2) is 0 Å². The Kier molecular flexibility index (Phi) is 4.06. The first-order valence-electron chi connectivity index (χ1n) is 6.57. The van der Waals surface area contributed by atoms with Crippen molar-refractivity contribution in [3.63, 3.8) is 0 Å². The second kappa shape index (κ2) is 4.83. The largest absolute Gasteiger partial charge is 0.459 e. The van der Waals surface area contributed by atoms with Crippen molar-refractivity contribution in [2.24, 2.45) is 11.3 Å². The fourth-order valence-electron chi connectivity index (χ4n) is 2.44. The van der Waals surface area contributed by atoms with Gasteiger partial charge in [-0.05, 0) is 59.3 Å². The summed E-state index contributed by atoms with van der Waals surface area (Å²) in [4.78, 5) is 12.4. The first-order chi connectivity index (χ1) is 7.67. The lowest BCUT2D eigenvalue weighted by molar-refractivity contribution is -0.167. The maximum Gasteiger partial charge on any atom is 0.316 e. The number of hydrogen-bond acceptors (Lipinski definition) is 2. The van der Waals surface area contributed by atoms with E-state index >= 15 is 0 Å². The lowest BCUT2D eigenvalue weighted by atomic mass is 9.67. The molecule has 0 N–H and O–H groups in total. The third-order valence-electron chi connectivity index (χ3n) is 3.73. The predicted octanol–water partition coefficient (Wildman–Crippen LogP) is 4.10. The molecule has 1 saturated carbocycles. The summed E-state index contributed by atoms with van der Waals surface area (Å²) in [6, 6.07) is 0. The van der Waals surface area contributed by atoms with E-state index in [0.717, 1.165) is 31.3 Å².